The van der Waals surface area contributed by atoms with Crippen molar-refractivity contribution in [3.05, 3.63) is 35.5 Å². The van der Waals surface area contributed by atoms with E-state index in [4.69, 9.17) is 14.6 Å². The van der Waals surface area contributed by atoms with Crippen molar-refractivity contribution in [1.29, 1.82) is 0 Å². The van der Waals surface area contributed by atoms with Crippen molar-refractivity contribution in [2.45, 2.75) is 34.0 Å². The van der Waals surface area contributed by atoms with E-state index in [1.807, 2.05) is 32.1 Å². The third kappa shape index (κ3) is 5.17. The average molecular weight is 252 g/mol. The van der Waals surface area contributed by atoms with Crippen LogP contribution in [0, 0.1) is 5.41 Å². The van der Waals surface area contributed by atoms with Gasteiger partial charge in [0.05, 0.1) is 19.8 Å². The zero-order chi connectivity index (χ0) is 13.6. The zero-order valence-electron chi connectivity index (χ0n) is 11.8. The highest BCUT2D eigenvalue weighted by Gasteiger charge is 2.28. The zero-order valence-corrected chi connectivity index (χ0v) is 11.8. The molecule has 0 saturated carbocycles. The molecular formula is C15H24O3. The Bertz CT molecular complexity index is 341. The Morgan fingerprint density at radius 1 is 1.28 bits per heavy atom. The summed E-state index contributed by atoms with van der Waals surface area (Å²) in [5.74, 6) is 0. The first kappa shape index (κ1) is 15.2. The van der Waals surface area contributed by atoms with E-state index in [1.54, 1.807) is 6.08 Å². The van der Waals surface area contributed by atoms with Crippen molar-refractivity contribution in [2.75, 3.05) is 19.8 Å². The van der Waals surface area contributed by atoms with Crippen LogP contribution in [0.25, 0.3) is 0 Å². The molecule has 1 heterocycles. The molecule has 0 aromatic rings. The molecular weight excluding hydrogens is 228 g/mol. The third-order valence-electron chi connectivity index (χ3n) is 2.75. The van der Waals surface area contributed by atoms with Gasteiger partial charge in [0.25, 0.3) is 0 Å². The molecule has 3 heteroatoms. The van der Waals surface area contributed by atoms with Gasteiger partial charge in [-0.05, 0) is 19.4 Å². The van der Waals surface area contributed by atoms with Gasteiger partial charge in [0, 0.05) is 5.41 Å². The number of allylic oxidation sites excluding steroid dienone is 4. The molecule has 1 aliphatic heterocycles. The Kier molecular flexibility index (Phi) is 5.79. The monoisotopic (exact) mass is 252 g/mol. The average Bonchev–Trinajstić information content (AvgIpc) is 2.29. The van der Waals surface area contributed by atoms with Gasteiger partial charge in [-0.1, -0.05) is 43.7 Å². The van der Waals surface area contributed by atoms with Crippen LogP contribution in [0.5, 0.6) is 0 Å². The quantitative estimate of drug-likeness (QED) is 0.782. The van der Waals surface area contributed by atoms with Crippen LogP contribution in [0.2, 0.25) is 0 Å². The highest BCUT2D eigenvalue weighted by atomic mass is 16.7. The van der Waals surface area contributed by atoms with E-state index in [2.05, 4.69) is 13.8 Å². The van der Waals surface area contributed by atoms with Crippen LogP contribution in [0.1, 0.15) is 27.7 Å². The second-order valence-electron chi connectivity index (χ2n) is 5.52. The third-order valence-corrected chi connectivity index (χ3v) is 2.75. The smallest absolute Gasteiger partial charge is 0.179 e. The molecule has 0 amide bonds. The lowest BCUT2D eigenvalue weighted by atomic mass is 9.95. The fourth-order valence-electron chi connectivity index (χ4n) is 1.60. The highest BCUT2D eigenvalue weighted by molar-refractivity contribution is 5.22. The van der Waals surface area contributed by atoms with Crippen molar-refractivity contribution in [3.63, 3.8) is 0 Å². The number of hydrogen-bond donors (Lipinski definition) is 1. The number of ether oxygens (including phenoxy) is 2. The van der Waals surface area contributed by atoms with Crippen LogP contribution in [-0.2, 0) is 9.47 Å². The molecule has 0 aliphatic carbocycles. The molecule has 0 aromatic carbocycles. The first-order valence-electron chi connectivity index (χ1n) is 6.30. The van der Waals surface area contributed by atoms with Gasteiger partial charge in [0.1, 0.15) is 0 Å². The Labute approximate surface area is 110 Å². The standard InChI is InChI=1S/C15H24O3/c1-12(8-9-16)6-5-7-13(2)14-17-10-15(3,4)11-18-14/h5-8,14,16H,9-11H2,1-4H3. The second kappa shape index (κ2) is 6.88. The molecule has 1 fully saturated rings. The van der Waals surface area contributed by atoms with E-state index in [0.29, 0.717) is 0 Å². The van der Waals surface area contributed by atoms with Gasteiger partial charge in [-0.2, -0.15) is 0 Å². The number of rotatable bonds is 4. The summed E-state index contributed by atoms with van der Waals surface area (Å²) in [4.78, 5) is 0. The molecule has 3 nitrogen and oxygen atoms in total. The summed E-state index contributed by atoms with van der Waals surface area (Å²) in [5, 5.41) is 8.73. The maximum absolute atomic E-state index is 8.73. The summed E-state index contributed by atoms with van der Waals surface area (Å²) >= 11 is 0. The molecule has 0 aromatic heterocycles. The lowest BCUT2D eigenvalue weighted by Gasteiger charge is -2.34. The van der Waals surface area contributed by atoms with Crippen molar-refractivity contribution in [2.24, 2.45) is 5.41 Å². The summed E-state index contributed by atoms with van der Waals surface area (Å²) in [6, 6.07) is 0. The molecule has 0 unspecified atom stereocenters. The van der Waals surface area contributed by atoms with Crippen LogP contribution < -0.4 is 0 Å². The van der Waals surface area contributed by atoms with Crippen LogP contribution in [0.15, 0.2) is 35.5 Å². The molecule has 0 spiro atoms. The fraction of sp³-hybridized carbons (Fsp3) is 0.600. The van der Waals surface area contributed by atoms with E-state index in [-0.39, 0.29) is 18.3 Å². The molecule has 102 valence electrons. The van der Waals surface area contributed by atoms with Crippen molar-refractivity contribution in [3.8, 4) is 0 Å². The van der Waals surface area contributed by atoms with Gasteiger partial charge < -0.3 is 14.6 Å². The van der Waals surface area contributed by atoms with Gasteiger partial charge in [-0.25, -0.2) is 0 Å². The molecule has 0 atom stereocenters. The van der Waals surface area contributed by atoms with Gasteiger partial charge in [-0.15, -0.1) is 0 Å². The SMILES string of the molecule is CC(C=CC=C(C)C1OCC(C)(C)CO1)=CCO. The summed E-state index contributed by atoms with van der Waals surface area (Å²) < 4.78 is 11.4. The normalized spacial score (nSPS) is 22.7. The van der Waals surface area contributed by atoms with Crippen molar-refractivity contribution in [1.82, 2.24) is 0 Å². The molecule has 0 bridgehead atoms. The van der Waals surface area contributed by atoms with E-state index < -0.39 is 0 Å². The van der Waals surface area contributed by atoms with Gasteiger partial charge in [0.15, 0.2) is 6.29 Å². The number of aliphatic hydroxyl groups is 1. The predicted octanol–water partition coefficient (Wildman–Crippen LogP) is 2.83. The Balaban J connectivity index is 2.50. The Morgan fingerprint density at radius 2 is 1.89 bits per heavy atom. The topological polar surface area (TPSA) is 38.7 Å². The van der Waals surface area contributed by atoms with Crippen LogP contribution in [0.4, 0.5) is 0 Å². The number of aliphatic hydroxyl groups excluding tert-OH is 1. The van der Waals surface area contributed by atoms with Gasteiger partial charge in [-0.3, -0.25) is 0 Å². The van der Waals surface area contributed by atoms with E-state index in [9.17, 15) is 0 Å². The maximum Gasteiger partial charge on any atom is 0.179 e. The van der Waals surface area contributed by atoms with Gasteiger partial charge >= 0.3 is 0 Å². The van der Waals surface area contributed by atoms with E-state index >= 15 is 0 Å². The minimum absolute atomic E-state index is 0.0722. The molecule has 1 rings (SSSR count). The lowest BCUT2D eigenvalue weighted by Crippen LogP contribution is -2.38. The Morgan fingerprint density at radius 3 is 2.44 bits per heavy atom. The molecule has 18 heavy (non-hydrogen) atoms. The largest absolute Gasteiger partial charge is 0.392 e. The minimum Gasteiger partial charge on any atom is -0.392 e. The van der Waals surface area contributed by atoms with Crippen LogP contribution >= 0.6 is 0 Å². The highest BCUT2D eigenvalue weighted by Crippen LogP contribution is 2.25. The van der Waals surface area contributed by atoms with E-state index in [1.165, 1.54) is 0 Å². The van der Waals surface area contributed by atoms with Crippen LogP contribution in [-0.4, -0.2) is 31.2 Å². The van der Waals surface area contributed by atoms with Crippen molar-refractivity contribution >= 4 is 0 Å². The molecule has 1 N–H and O–H groups in total. The fourth-order valence-corrected chi connectivity index (χ4v) is 1.60. The molecule has 1 saturated heterocycles. The number of hydrogen-bond acceptors (Lipinski definition) is 3. The first-order valence-corrected chi connectivity index (χ1v) is 6.30. The van der Waals surface area contributed by atoms with E-state index in [0.717, 1.165) is 24.4 Å². The van der Waals surface area contributed by atoms with Crippen LogP contribution in [0.3, 0.4) is 0 Å². The summed E-state index contributed by atoms with van der Waals surface area (Å²) in [7, 11) is 0. The summed E-state index contributed by atoms with van der Waals surface area (Å²) in [5.41, 5.74) is 2.19. The minimum atomic E-state index is -0.232. The van der Waals surface area contributed by atoms with Gasteiger partial charge in [0.2, 0.25) is 0 Å². The molecule has 1 aliphatic rings. The summed E-state index contributed by atoms with van der Waals surface area (Å²) in [6.07, 6.45) is 7.41. The predicted molar refractivity (Wildman–Crippen MR) is 73.2 cm³/mol. The van der Waals surface area contributed by atoms with Crippen molar-refractivity contribution < 1.29 is 14.6 Å². The second-order valence-corrected chi connectivity index (χ2v) is 5.52. The summed E-state index contributed by atoms with van der Waals surface area (Å²) in [6.45, 7) is 9.72. The maximum atomic E-state index is 8.73. The lowest BCUT2D eigenvalue weighted by molar-refractivity contribution is -0.202. The first-order chi connectivity index (χ1) is 8.44. The molecule has 0 radical (unpaired) electrons. The Hall–Kier alpha value is -0.900.